The summed E-state index contributed by atoms with van der Waals surface area (Å²) in [7, 11) is 0. The lowest BCUT2D eigenvalue weighted by molar-refractivity contribution is -0.127. The molecule has 1 aliphatic heterocycles. The third kappa shape index (κ3) is 2.95. The summed E-state index contributed by atoms with van der Waals surface area (Å²) in [6, 6.07) is -0.143. The van der Waals surface area contributed by atoms with Crippen molar-refractivity contribution < 1.29 is 19.7 Å². The lowest BCUT2D eigenvalue weighted by atomic mass is 10.0. The number of hydrogen-bond donors (Lipinski definition) is 3. The molecular formula is C8H15NO4. The summed E-state index contributed by atoms with van der Waals surface area (Å²) < 4.78 is 5.14. The molecule has 3 unspecified atom stereocenters. The van der Waals surface area contributed by atoms with Crippen LogP contribution in [0.2, 0.25) is 0 Å². The molecule has 0 radical (unpaired) electrons. The average Bonchev–Trinajstić information content (AvgIpc) is 2.03. The lowest BCUT2D eigenvalue weighted by Gasteiger charge is -2.32. The largest absolute Gasteiger partial charge is 0.394 e. The highest BCUT2D eigenvalue weighted by molar-refractivity contribution is 5.73. The van der Waals surface area contributed by atoms with Gasteiger partial charge in [-0.1, -0.05) is 0 Å². The molecule has 3 N–H and O–H groups in total. The van der Waals surface area contributed by atoms with Crippen molar-refractivity contribution >= 4 is 5.91 Å². The van der Waals surface area contributed by atoms with E-state index in [2.05, 4.69) is 5.32 Å². The molecular weight excluding hydrogens is 174 g/mol. The second-order valence-electron chi connectivity index (χ2n) is 3.25. The minimum Gasteiger partial charge on any atom is -0.394 e. The monoisotopic (exact) mass is 189 g/mol. The first-order chi connectivity index (χ1) is 6.13. The van der Waals surface area contributed by atoms with Crippen LogP contribution in [-0.2, 0) is 9.53 Å². The van der Waals surface area contributed by atoms with Crippen molar-refractivity contribution in [2.45, 2.75) is 31.6 Å². The van der Waals surface area contributed by atoms with Gasteiger partial charge in [0.2, 0.25) is 5.91 Å². The van der Waals surface area contributed by atoms with Crippen molar-refractivity contribution in [3.63, 3.8) is 0 Å². The van der Waals surface area contributed by atoms with Gasteiger partial charge in [0.15, 0.2) is 0 Å². The van der Waals surface area contributed by atoms with Crippen molar-refractivity contribution in [2.24, 2.45) is 0 Å². The zero-order valence-corrected chi connectivity index (χ0v) is 7.56. The topological polar surface area (TPSA) is 78.8 Å². The number of rotatable bonds is 2. The third-order valence-electron chi connectivity index (χ3n) is 2.05. The van der Waals surface area contributed by atoms with E-state index >= 15 is 0 Å². The molecule has 5 heteroatoms. The summed E-state index contributed by atoms with van der Waals surface area (Å²) in [5.41, 5.74) is 0. The molecule has 0 spiro atoms. The Morgan fingerprint density at radius 1 is 1.69 bits per heavy atom. The predicted molar refractivity (Wildman–Crippen MR) is 45.1 cm³/mol. The fraction of sp³-hybridized carbons (Fsp3) is 0.875. The molecule has 0 saturated carbocycles. The number of nitrogens with one attached hydrogen (secondary N) is 1. The Hall–Kier alpha value is -0.650. The summed E-state index contributed by atoms with van der Waals surface area (Å²) in [5.74, 6) is -0.136. The van der Waals surface area contributed by atoms with E-state index in [1.807, 2.05) is 0 Å². The van der Waals surface area contributed by atoms with E-state index in [9.17, 15) is 9.90 Å². The van der Waals surface area contributed by atoms with Crippen molar-refractivity contribution in [1.82, 2.24) is 5.32 Å². The van der Waals surface area contributed by atoms with E-state index in [1.54, 1.807) is 0 Å². The maximum Gasteiger partial charge on any atom is 0.217 e. The molecule has 0 aromatic carbocycles. The van der Waals surface area contributed by atoms with Gasteiger partial charge in [-0.25, -0.2) is 0 Å². The molecule has 13 heavy (non-hydrogen) atoms. The second-order valence-corrected chi connectivity index (χ2v) is 3.25. The molecule has 0 aliphatic carbocycles. The number of carbonyl (C=O) groups is 1. The van der Waals surface area contributed by atoms with Gasteiger partial charge in [0.1, 0.15) is 6.10 Å². The van der Waals surface area contributed by atoms with Crippen molar-refractivity contribution in [1.29, 1.82) is 0 Å². The SMILES string of the molecule is CC(=O)NC1COC(CO)C(O)C1. The van der Waals surface area contributed by atoms with Crippen LogP contribution in [0.25, 0.3) is 0 Å². The molecule has 0 aromatic rings. The summed E-state index contributed by atoms with van der Waals surface area (Å²) in [5, 5.41) is 20.8. The van der Waals surface area contributed by atoms with E-state index in [4.69, 9.17) is 9.84 Å². The van der Waals surface area contributed by atoms with Crippen LogP contribution in [0.15, 0.2) is 0 Å². The summed E-state index contributed by atoms with van der Waals surface area (Å²) >= 11 is 0. The number of ether oxygens (including phenoxy) is 1. The van der Waals surface area contributed by atoms with E-state index in [0.717, 1.165) is 0 Å². The van der Waals surface area contributed by atoms with Gasteiger partial charge in [-0.3, -0.25) is 4.79 Å². The minimum atomic E-state index is -0.699. The Kier molecular flexibility index (Phi) is 3.65. The highest BCUT2D eigenvalue weighted by atomic mass is 16.5. The van der Waals surface area contributed by atoms with Gasteiger partial charge in [0.25, 0.3) is 0 Å². The zero-order chi connectivity index (χ0) is 9.84. The van der Waals surface area contributed by atoms with Gasteiger partial charge in [0, 0.05) is 6.92 Å². The number of amides is 1. The number of carbonyl (C=O) groups excluding carboxylic acids is 1. The van der Waals surface area contributed by atoms with Gasteiger partial charge in [-0.15, -0.1) is 0 Å². The molecule has 0 aromatic heterocycles. The molecule has 1 amide bonds. The van der Waals surface area contributed by atoms with Crippen LogP contribution in [-0.4, -0.2) is 47.6 Å². The van der Waals surface area contributed by atoms with Crippen molar-refractivity contribution in [3.05, 3.63) is 0 Å². The van der Waals surface area contributed by atoms with Crippen LogP contribution in [0.4, 0.5) is 0 Å². The van der Waals surface area contributed by atoms with Crippen molar-refractivity contribution in [3.8, 4) is 0 Å². The van der Waals surface area contributed by atoms with E-state index in [0.29, 0.717) is 13.0 Å². The van der Waals surface area contributed by atoms with Gasteiger partial charge >= 0.3 is 0 Å². The second kappa shape index (κ2) is 4.55. The van der Waals surface area contributed by atoms with E-state index < -0.39 is 12.2 Å². The molecule has 0 bridgehead atoms. The van der Waals surface area contributed by atoms with Gasteiger partial charge < -0.3 is 20.3 Å². The van der Waals surface area contributed by atoms with E-state index in [-0.39, 0.29) is 18.6 Å². The van der Waals surface area contributed by atoms with Crippen LogP contribution in [0, 0.1) is 0 Å². The Labute approximate surface area is 76.7 Å². The highest BCUT2D eigenvalue weighted by Crippen LogP contribution is 2.13. The summed E-state index contributed by atoms with van der Waals surface area (Å²) in [6.07, 6.45) is -0.772. The number of aliphatic hydroxyl groups excluding tert-OH is 2. The average molecular weight is 189 g/mol. The number of aliphatic hydroxyl groups is 2. The summed E-state index contributed by atoms with van der Waals surface area (Å²) in [6.45, 7) is 1.58. The van der Waals surface area contributed by atoms with Gasteiger partial charge in [-0.2, -0.15) is 0 Å². The molecule has 1 fully saturated rings. The molecule has 1 heterocycles. The Morgan fingerprint density at radius 3 is 2.85 bits per heavy atom. The quantitative estimate of drug-likeness (QED) is 0.501. The lowest BCUT2D eigenvalue weighted by Crippen LogP contribution is -2.49. The Morgan fingerprint density at radius 2 is 2.38 bits per heavy atom. The smallest absolute Gasteiger partial charge is 0.217 e. The van der Waals surface area contributed by atoms with Crippen LogP contribution >= 0.6 is 0 Å². The Balaban J connectivity index is 2.36. The molecule has 1 saturated heterocycles. The first-order valence-electron chi connectivity index (χ1n) is 4.31. The summed E-state index contributed by atoms with van der Waals surface area (Å²) in [4.78, 5) is 10.7. The fourth-order valence-electron chi connectivity index (χ4n) is 1.42. The zero-order valence-electron chi connectivity index (χ0n) is 7.56. The number of hydrogen-bond acceptors (Lipinski definition) is 4. The molecule has 5 nitrogen and oxygen atoms in total. The first-order valence-corrected chi connectivity index (χ1v) is 4.31. The third-order valence-corrected chi connectivity index (χ3v) is 2.05. The molecule has 76 valence electrons. The first kappa shape index (κ1) is 10.4. The fourth-order valence-corrected chi connectivity index (χ4v) is 1.42. The standard InChI is InChI=1S/C8H15NO4/c1-5(11)9-6-2-7(12)8(3-10)13-4-6/h6-8,10,12H,2-4H2,1H3,(H,9,11). The normalized spacial score (nSPS) is 34.2. The van der Waals surface area contributed by atoms with Gasteiger partial charge in [-0.05, 0) is 6.42 Å². The maximum absolute atomic E-state index is 10.7. The van der Waals surface area contributed by atoms with Crippen LogP contribution < -0.4 is 5.32 Å². The van der Waals surface area contributed by atoms with Crippen LogP contribution in [0.3, 0.4) is 0 Å². The minimum absolute atomic E-state index is 0.136. The van der Waals surface area contributed by atoms with Gasteiger partial charge in [0.05, 0.1) is 25.4 Å². The Bertz CT molecular complexity index is 185. The molecule has 1 aliphatic rings. The van der Waals surface area contributed by atoms with Crippen LogP contribution in [0.5, 0.6) is 0 Å². The van der Waals surface area contributed by atoms with E-state index in [1.165, 1.54) is 6.92 Å². The highest BCUT2D eigenvalue weighted by Gasteiger charge is 2.29. The molecule has 3 atom stereocenters. The van der Waals surface area contributed by atoms with Crippen LogP contribution in [0.1, 0.15) is 13.3 Å². The maximum atomic E-state index is 10.7. The predicted octanol–water partition coefficient (Wildman–Crippen LogP) is -1.37. The van der Waals surface area contributed by atoms with Crippen molar-refractivity contribution in [2.75, 3.05) is 13.2 Å². The molecule has 1 rings (SSSR count).